The molecule has 1 aromatic carbocycles. The van der Waals surface area contributed by atoms with Crippen molar-refractivity contribution in [2.45, 2.75) is 24.3 Å². The quantitative estimate of drug-likeness (QED) is 0.869. The number of hydrogen-bond acceptors (Lipinski definition) is 3. The Hall–Kier alpha value is -1.25. The third kappa shape index (κ3) is 3.91. The van der Waals surface area contributed by atoms with Crippen LogP contribution in [0.3, 0.4) is 0 Å². The van der Waals surface area contributed by atoms with Crippen LogP contribution >= 0.6 is 0 Å². The van der Waals surface area contributed by atoms with E-state index in [9.17, 15) is 8.60 Å². The molecule has 1 aromatic rings. The van der Waals surface area contributed by atoms with Crippen molar-refractivity contribution in [1.82, 2.24) is 0 Å². The molecule has 2 N–H and O–H groups in total. The van der Waals surface area contributed by atoms with E-state index >= 15 is 0 Å². The molecule has 17 heavy (non-hydrogen) atoms. The molecule has 2 unspecified atom stereocenters. The highest BCUT2D eigenvalue weighted by Gasteiger charge is 2.13. The summed E-state index contributed by atoms with van der Waals surface area (Å²) in [7, 11) is -1.17. The Balaban J connectivity index is 2.81. The number of benzene rings is 1. The molecule has 0 saturated heterocycles. The molecule has 5 heteroatoms. The minimum atomic E-state index is -1.17. The number of halogens is 1. The molecule has 0 amide bonds. The zero-order valence-electron chi connectivity index (χ0n) is 9.65. The van der Waals surface area contributed by atoms with Crippen LogP contribution in [0.25, 0.3) is 0 Å². The number of hydrogen-bond donors (Lipinski definition) is 1. The lowest BCUT2D eigenvalue weighted by atomic mass is 10.1. The van der Waals surface area contributed by atoms with Crippen LogP contribution in [0.15, 0.2) is 18.2 Å². The number of nitrogens with zero attached hydrogens (tertiary/aromatic N) is 1. The highest BCUT2D eigenvalue weighted by Crippen LogP contribution is 2.15. The van der Waals surface area contributed by atoms with Crippen LogP contribution in [0, 0.1) is 17.1 Å². The van der Waals surface area contributed by atoms with E-state index in [-0.39, 0.29) is 11.0 Å². The third-order valence-corrected chi connectivity index (χ3v) is 4.22. The monoisotopic (exact) mass is 254 g/mol. The summed E-state index contributed by atoms with van der Waals surface area (Å²) >= 11 is 0. The zero-order chi connectivity index (χ0) is 12.8. The second-order valence-electron chi connectivity index (χ2n) is 3.83. The normalized spacial score (nSPS) is 14.0. The molecule has 0 bridgehead atoms. The van der Waals surface area contributed by atoms with Crippen molar-refractivity contribution in [3.63, 3.8) is 0 Å². The molecule has 0 aromatic heterocycles. The van der Waals surface area contributed by atoms with E-state index in [1.54, 1.807) is 0 Å². The third-order valence-electron chi connectivity index (χ3n) is 2.49. The molecule has 0 radical (unpaired) electrons. The summed E-state index contributed by atoms with van der Waals surface area (Å²) < 4.78 is 25.3. The molecule has 92 valence electrons. The topological polar surface area (TPSA) is 66.9 Å². The lowest BCUT2D eigenvalue weighted by molar-refractivity contribution is 0.614. The summed E-state index contributed by atoms with van der Waals surface area (Å²) in [6, 6.07) is 6.03. The molecule has 2 atom stereocenters. The first-order valence-corrected chi connectivity index (χ1v) is 6.72. The van der Waals surface area contributed by atoms with Gasteiger partial charge in [-0.15, -0.1) is 0 Å². The second-order valence-corrected chi connectivity index (χ2v) is 5.69. The molecule has 0 aliphatic rings. The van der Waals surface area contributed by atoms with Gasteiger partial charge in [-0.25, -0.2) is 4.39 Å². The van der Waals surface area contributed by atoms with Gasteiger partial charge in [-0.1, -0.05) is 6.92 Å². The highest BCUT2D eigenvalue weighted by molar-refractivity contribution is 7.84. The maximum Gasteiger partial charge on any atom is 0.127 e. The second kappa shape index (κ2) is 6.48. The van der Waals surface area contributed by atoms with Crippen LogP contribution in [0.2, 0.25) is 0 Å². The standard InChI is InChI=1S/C12H15FN2OS/c1-9(4-5-14)17(16)8-11-6-10(7-15)2-3-12(11)13/h2-3,6,9H,4-5,8,14H2,1H3. The average molecular weight is 254 g/mol. The van der Waals surface area contributed by atoms with Crippen molar-refractivity contribution in [3.05, 3.63) is 35.1 Å². The summed E-state index contributed by atoms with van der Waals surface area (Å²) in [5.41, 5.74) is 6.09. The Labute approximate surface area is 103 Å². The van der Waals surface area contributed by atoms with Crippen molar-refractivity contribution in [3.8, 4) is 6.07 Å². The van der Waals surface area contributed by atoms with Gasteiger partial charge in [0.25, 0.3) is 0 Å². The van der Waals surface area contributed by atoms with Gasteiger partial charge in [0.1, 0.15) is 5.82 Å². The zero-order valence-corrected chi connectivity index (χ0v) is 10.5. The maximum absolute atomic E-state index is 13.4. The number of rotatable bonds is 5. The lowest BCUT2D eigenvalue weighted by Gasteiger charge is -2.10. The largest absolute Gasteiger partial charge is 0.330 e. The Bertz CT molecular complexity index is 456. The van der Waals surface area contributed by atoms with Crippen molar-refractivity contribution in [2.24, 2.45) is 5.73 Å². The van der Waals surface area contributed by atoms with E-state index < -0.39 is 16.6 Å². The fourth-order valence-electron chi connectivity index (χ4n) is 1.42. The van der Waals surface area contributed by atoms with Gasteiger partial charge in [-0.2, -0.15) is 5.26 Å². The average Bonchev–Trinajstić information content (AvgIpc) is 2.32. The van der Waals surface area contributed by atoms with E-state index in [1.807, 2.05) is 13.0 Å². The van der Waals surface area contributed by atoms with E-state index in [4.69, 9.17) is 11.0 Å². The molecular formula is C12H15FN2OS. The van der Waals surface area contributed by atoms with Crippen molar-refractivity contribution >= 4 is 10.8 Å². The molecule has 0 fully saturated rings. The van der Waals surface area contributed by atoms with E-state index in [0.717, 1.165) is 0 Å². The van der Waals surface area contributed by atoms with Crippen LogP contribution in [0.1, 0.15) is 24.5 Å². The molecular weight excluding hydrogens is 239 g/mol. The predicted octanol–water partition coefficient (Wildman–Crippen LogP) is 1.68. The van der Waals surface area contributed by atoms with Crippen molar-refractivity contribution in [2.75, 3.05) is 6.54 Å². The smallest absolute Gasteiger partial charge is 0.127 e. The van der Waals surface area contributed by atoms with Crippen LogP contribution in [0.5, 0.6) is 0 Å². The number of nitrogens with two attached hydrogens (primary N) is 1. The first kappa shape index (κ1) is 13.8. The molecule has 1 rings (SSSR count). The summed E-state index contributed by atoms with van der Waals surface area (Å²) in [6.07, 6.45) is 0.645. The predicted molar refractivity (Wildman–Crippen MR) is 66.1 cm³/mol. The van der Waals surface area contributed by atoms with Gasteiger partial charge in [0.15, 0.2) is 0 Å². The Morgan fingerprint density at radius 3 is 2.88 bits per heavy atom. The van der Waals surface area contributed by atoms with E-state index in [2.05, 4.69) is 0 Å². The summed E-state index contributed by atoms with van der Waals surface area (Å²) in [4.78, 5) is 0. The van der Waals surface area contributed by atoms with Gasteiger partial charge >= 0.3 is 0 Å². The fraction of sp³-hybridized carbons (Fsp3) is 0.417. The molecule has 0 aliphatic carbocycles. The van der Waals surface area contributed by atoms with Crippen molar-refractivity contribution < 1.29 is 8.60 Å². The summed E-state index contributed by atoms with van der Waals surface area (Å²) in [5, 5.41) is 8.65. The van der Waals surface area contributed by atoms with Gasteiger partial charge in [-0.3, -0.25) is 4.21 Å². The van der Waals surface area contributed by atoms with Gasteiger partial charge < -0.3 is 5.73 Å². The van der Waals surface area contributed by atoms with Crippen LogP contribution in [0.4, 0.5) is 4.39 Å². The molecule has 0 spiro atoms. The maximum atomic E-state index is 13.4. The van der Waals surface area contributed by atoms with Crippen molar-refractivity contribution in [1.29, 1.82) is 5.26 Å². The SMILES string of the molecule is CC(CCN)S(=O)Cc1cc(C#N)ccc1F. The first-order chi connectivity index (χ1) is 8.08. The van der Waals surface area contributed by atoms with Gasteiger partial charge in [0.2, 0.25) is 0 Å². The number of nitriles is 1. The van der Waals surface area contributed by atoms with E-state index in [0.29, 0.717) is 24.1 Å². The molecule has 0 aliphatic heterocycles. The first-order valence-electron chi connectivity index (χ1n) is 5.34. The summed E-state index contributed by atoms with van der Waals surface area (Å²) in [6.45, 7) is 2.29. The Morgan fingerprint density at radius 2 is 2.29 bits per heavy atom. The summed E-state index contributed by atoms with van der Waals surface area (Å²) in [5.74, 6) is -0.292. The van der Waals surface area contributed by atoms with Gasteiger partial charge in [0, 0.05) is 21.6 Å². The lowest BCUT2D eigenvalue weighted by Crippen LogP contribution is -2.17. The van der Waals surface area contributed by atoms with Crippen LogP contribution in [-0.2, 0) is 16.6 Å². The highest BCUT2D eigenvalue weighted by atomic mass is 32.2. The van der Waals surface area contributed by atoms with Crippen LogP contribution < -0.4 is 5.73 Å². The minimum Gasteiger partial charge on any atom is -0.330 e. The minimum absolute atomic E-state index is 0.0647. The molecule has 0 saturated carbocycles. The Morgan fingerprint density at radius 1 is 1.59 bits per heavy atom. The van der Waals surface area contributed by atoms with Gasteiger partial charge in [0.05, 0.1) is 17.4 Å². The Kier molecular flexibility index (Phi) is 5.26. The fourth-order valence-corrected chi connectivity index (χ4v) is 2.63. The molecule has 3 nitrogen and oxygen atoms in total. The van der Waals surface area contributed by atoms with E-state index in [1.165, 1.54) is 18.2 Å². The van der Waals surface area contributed by atoms with Crippen LogP contribution in [-0.4, -0.2) is 16.0 Å². The molecule has 0 heterocycles. The van der Waals surface area contributed by atoms with Gasteiger partial charge in [-0.05, 0) is 31.2 Å².